The summed E-state index contributed by atoms with van der Waals surface area (Å²) in [7, 11) is 0. The van der Waals surface area contributed by atoms with Gasteiger partial charge in [0.2, 0.25) is 0 Å². The number of carbonyl (C=O) groups excluding carboxylic acids is 2. The van der Waals surface area contributed by atoms with Crippen LogP contribution in [0.25, 0.3) is 11.0 Å². The van der Waals surface area contributed by atoms with Gasteiger partial charge >= 0.3 is 0 Å². The van der Waals surface area contributed by atoms with E-state index in [4.69, 9.17) is 10.8 Å². The maximum Gasteiger partial charge on any atom is 0.297 e. The van der Waals surface area contributed by atoms with Gasteiger partial charge in [-0.2, -0.15) is 0 Å². The Morgan fingerprint density at radius 3 is 2.77 bits per heavy atom. The zero-order chi connectivity index (χ0) is 18.5. The van der Waals surface area contributed by atoms with Gasteiger partial charge in [0.05, 0.1) is 4.90 Å². The van der Waals surface area contributed by atoms with Crippen LogP contribution >= 0.6 is 11.9 Å². The zero-order valence-corrected chi connectivity index (χ0v) is 14.2. The van der Waals surface area contributed by atoms with Crippen molar-refractivity contribution in [2.24, 2.45) is 0 Å². The van der Waals surface area contributed by atoms with Gasteiger partial charge in [0.25, 0.3) is 11.8 Å². The third kappa shape index (κ3) is 4.05. The van der Waals surface area contributed by atoms with Gasteiger partial charge in [-0.05, 0) is 47.7 Å². The zero-order valence-electron chi connectivity index (χ0n) is 13.4. The van der Waals surface area contributed by atoms with Crippen molar-refractivity contribution in [2.75, 3.05) is 0 Å². The lowest BCUT2D eigenvalue weighted by Crippen LogP contribution is -2.20. The molecule has 7 heteroatoms. The van der Waals surface area contributed by atoms with Crippen LogP contribution in [0.3, 0.4) is 0 Å². The van der Waals surface area contributed by atoms with Gasteiger partial charge in [0, 0.05) is 11.9 Å². The van der Waals surface area contributed by atoms with E-state index in [-0.39, 0.29) is 12.3 Å². The molecule has 2 aromatic carbocycles. The second-order valence-electron chi connectivity index (χ2n) is 5.27. The van der Waals surface area contributed by atoms with E-state index in [1.807, 2.05) is 5.92 Å². The average molecular weight is 368 g/mol. The molecule has 0 radical (unpaired) electrons. The van der Waals surface area contributed by atoms with E-state index >= 15 is 0 Å². The predicted octanol–water partition coefficient (Wildman–Crippen LogP) is 3.26. The van der Waals surface area contributed by atoms with Crippen LogP contribution in [0.5, 0.6) is 0 Å². The van der Waals surface area contributed by atoms with Gasteiger partial charge in [-0.25, -0.2) is 4.39 Å². The maximum absolute atomic E-state index is 13.6. The van der Waals surface area contributed by atoms with Gasteiger partial charge in [-0.15, -0.1) is 6.42 Å². The van der Waals surface area contributed by atoms with E-state index in [1.165, 1.54) is 6.07 Å². The van der Waals surface area contributed by atoms with Crippen molar-refractivity contribution in [3.05, 3.63) is 65.7 Å². The molecule has 0 unspecified atom stereocenters. The van der Waals surface area contributed by atoms with E-state index in [0.717, 1.165) is 22.9 Å². The number of furan rings is 1. The van der Waals surface area contributed by atoms with E-state index in [0.29, 0.717) is 10.5 Å². The minimum absolute atomic E-state index is 0.105. The Labute approximate surface area is 153 Å². The van der Waals surface area contributed by atoms with Gasteiger partial charge in [0.1, 0.15) is 11.4 Å². The molecule has 1 heterocycles. The number of hydrogen-bond acceptors (Lipinski definition) is 4. The molecule has 130 valence electrons. The van der Waals surface area contributed by atoms with Crippen LogP contribution < -0.4 is 10.0 Å². The number of terminal acetylenes is 1. The topological polar surface area (TPSA) is 71.3 Å². The van der Waals surface area contributed by atoms with Crippen molar-refractivity contribution in [3.8, 4) is 12.3 Å². The summed E-state index contributed by atoms with van der Waals surface area (Å²) in [5, 5.41) is 3.29. The van der Waals surface area contributed by atoms with Gasteiger partial charge in [-0.3, -0.25) is 14.3 Å². The second-order valence-corrected chi connectivity index (χ2v) is 6.12. The molecule has 0 spiro atoms. The minimum atomic E-state index is -0.505. The summed E-state index contributed by atoms with van der Waals surface area (Å²) < 4.78 is 21.7. The van der Waals surface area contributed by atoms with Crippen molar-refractivity contribution < 1.29 is 18.4 Å². The van der Waals surface area contributed by atoms with Gasteiger partial charge in [-0.1, -0.05) is 24.3 Å². The highest BCUT2D eigenvalue weighted by Gasteiger charge is 2.14. The van der Waals surface area contributed by atoms with E-state index < -0.39 is 17.6 Å². The quantitative estimate of drug-likeness (QED) is 0.536. The smallest absolute Gasteiger partial charge is 0.297 e. The van der Waals surface area contributed by atoms with Crippen molar-refractivity contribution in [2.45, 2.75) is 11.4 Å². The van der Waals surface area contributed by atoms with Crippen molar-refractivity contribution in [1.82, 2.24) is 10.0 Å². The molecule has 0 saturated heterocycles. The molecule has 0 atom stereocenters. The Bertz CT molecular complexity index is 1020. The molecule has 3 rings (SSSR count). The molecule has 2 N–H and O–H groups in total. The van der Waals surface area contributed by atoms with Crippen LogP contribution in [0.4, 0.5) is 4.39 Å². The van der Waals surface area contributed by atoms with Crippen molar-refractivity contribution >= 4 is 34.7 Å². The third-order valence-corrected chi connectivity index (χ3v) is 4.32. The van der Waals surface area contributed by atoms with Crippen molar-refractivity contribution in [3.63, 3.8) is 0 Å². The first-order valence-electron chi connectivity index (χ1n) is 7.55. The Morgan fingerprint density at radius 1 is 1.19 bits per heavy atom. The molecule has 0 aliphatic heterocycles. The lowest BCUT2D eigenvalue weighted by molar-refractivity contribution is -0.115. The fourth-order valence-corrected chi connectivity index (χ4v) is 2.83. The second kappa shape index (κ2) is 7.76. The minimum Gasteiger partial charge on any atom is -0.451 e. The van der Waals surface area contributed by atoms with E-state index in [1.54, 1.807) is 42.5 Å². The molecule has 0 aliphatic carbocycles. The van der Waals surface area contributed by atoms with Crippen LogP contribution in [0.15, 0.2) is 57.8 Å². The first kappa shape index (κ1) is 17.6. The maximum atomic E-state index is 13.6. The average Bonchev–Trinajstić information content (AvgIpc) is 3.08. The fraction of sp³-hybridized carbons (Fsp3) is 0.0526. The number of benzene rings is 2. The fourth-order valence-electron chi connectivity index (χ4n) is 2.21. The lowest BCUT2D eigenvalue weighted by Gasteiger charge is -2.03. The highest BCUT2D eigenvalue weighted by atomic mass is 32.2. The molecule has 0 bridgehead atoms. The first-order valence-corrected chi connectivity index (χ1v) is 8.37. The molecule has 0 saturated carbocycles. The number of rotatable bonds is 5. The standard InChI is InChI=1S/C19H13FN2O3S/c1-2-18(23)21-11-12-7-8-13-10-16(25-15(13)9-12)19(24)22-26-17-6-4-3-5-14(17)20/h1,3-10H,11H2,(H,21,23)(H,22,24). The molecule has 3 aromatic rings. The molecule has 0 aliphatic rings. The van der Waals surface area contributed by atoms with Crippen LogP contribution in [0, 0.1) is 18.2 Å². The summed E-state index contributed by atoms with van der Waals surface area (Å²) in [6.07, 6.45) is 4.99. The molecular formula is C19H13FN2O3S. The third-order valence-electron chi connectivity index (χ3n) is 3.48. The Morgan fingerprint density at radius 2 is 2.00 bits per heavy atom. The van der Waals surface area contributed by atoms with Gasteiger partial charge in [0.15, 0.2) is 5.76 Å². The Balaban J connectivity index is 1.70. The molecule has 0 fully saturated rings. The summed E-state index contributed by atoms with van der Waals surface area (Å²) in [5.41, 5.74) is 1.28. The highest BCUT2D eigenvalue weighted by molar-refractivity contribution is 7.98. The summed E-state index contributed by atoms with van der Waals surface area (Å²) in [6.45, 7) is 0.254. The Kier molecular flexibility index (Phi) is 5.25. The van der Waals surface area contributed by atoms with Crippen LogP contribution in [-0.2, 0) is 11.3 Å². The summed E-state index contributed by atoms with van der Waals surface area (Å²) >= 11 is 0.876. The van der Waals surface area contributed by atoms with Crippen LogP contribution in [0.2, 0.25) is 0 Å². The monoisotopic (exact) mass is 368 g/mol. The highest BCUT2D eigenvalue weighted by Crippen LogP contribution is 2.23. The molecular weight excluding hydrogens is 355 g/mol. The number of carbonyl (C=O) groups is 2. The van der Waals surface area contributed by atoms with Crippen molar-refractivity contribution in [1.29, 1.82) is 0 Å². The van der Waals surface area contributed by atoms with Gasteiger partial charge < -0.3 is 9.73 Å². The molecule has 26 heavy (non-hydrogen) atoms. The molecule has 5 nitrogen and oxygen atoms in total. The Hall–Kier alpha value is -3.24. The lowest BCUT2D eigenvalue weighted by atomic mass is 10.1. The SMILES string of the molecule is C#CC(=O)NCc1ccc2cc(C(=O)NSc3ccccc3F)oc2c1. The molecule has 2 amide bonds. The number of hydrogen-bond donors (Lipinski definition) is 2. The molecule has 1 aromatic heterocycles. The number of amides is 2. The van der Waals surface area contributed by atoms with Crippen LogP contribution in [0.1, 0.15) is 16.1 Å². The summed E-state index contributed by atoms with van der Waals surface area (Å²) in [5.74, 6) is 0.677. The normalized spacial score (nSPS) is 10.3. The number of halogens is 1. The van der Waals surface area contributed by atoms with E-state index in [2.05, 4.69) is 10.0 Å². The first-order chi connectivity index (χ1) is 12.6. The predicted molar refractivity (Wildman–Crippen MR) is 96.6 cm³/mol. The summed E-state index contributed by atoms with van der Waals surface area (Å²) in [4.78, 5) is 23.6. The summed E-state index contributed by atoms with van der Waals surface area (Å²) in [6, 6.07) is 13.0. The van der Waals surface area contributed by atoms with Crippen LogP contribution in [-0.4, -0.2) is 11.8 Å². The largest absolute Gasteiger partial charge is 0.451 e. The number of nitrogens with one attached hydrogen (secondary N) is 2. The van der Waals surface area contributed by atoms with E-state index in [9.17, 15) is 14.0 Å². The number of fused-ring (bicyclic) bond motifs is 1.